The third-order valence-corrected chi connectivity index (χ3v) is 4.65. The molecule has 0 spiro atoms. The molecule has 0 aliphatic rings. The molecule has 0 atom stereocenters. The molecular formula is C17H18N4O4S. The molecule has 2 aromatic heterocycles. The molecule has 0 aliphatic carbocycles. The van der Waals surface area contributed by atoms with E-state index in [2.05, 4.69) is 10.1 Å². The van der Waals surface area contributed by atoms with Crippen molar-refractivity contribution in [1.29, 1.82) is 0 Å². The molecule has 0 N–H and O–H groups in total. The van der Waals surface area contributed by atoms with E-state index in [0.29, 0.717) is 10.6 Å². The molecule has 3 rings (SSSR count). The number of carbonyl (C=O) groups is 2. The molecule has 0 aliphatic heterocycles. The molecule has 0 radical (unpaired) electrons. The Morgan fingerprint density at radius 2 is 2.12 bits per heavy atom. The van der Waals surface area contributed by atoms with Crippen LogP contribution in [0.2, 0.25) is 0 Å². The molecule has 26 heavy (non-hydrogen) atoms. The molecule has 136 valence electrons. The normalized spacial score (nSPS) is 11.7. The summed E-state index contributed by atoms with van der Waals surface area (Å²) in [4.78, 5) is 29.0. The number of rotatable bonds is 5. The number of nitrogens with zero attached hydrogens (tertiary/aromatic N) is 4. The second-order valence-electron chi connectivity index (χ2n) is 5.40. The van der Waals surface area contributed by atoms with Gasteiger partial charge >= 0.3 is 5.97 Å². The number of carbonyl (C=O) groups excluding carboxylic acids is 2. The van der Waals surface area contributed by atoms with Crippen molar-refractivity contribution in [3.63, 3.8) is 0 Å². The highest BCUT2D eigenvalue weighted by atomic mass is 32.1. The lowest BCUT2D eigenvalue weighted by molar-refractivity contribution is -0.143. The van der Waals surface area contributed by atoms with E-state index < -0.39 is 11.9 Å². The Labute approximate surface area is 153 Å². The van der Waals surface area contributed by atoms with Crippen LogP contribution >= 0.6 is 11.3 Å². The molecule has 0 saturated carbocycles. The Morgan fingerprint density at radius 1 is 1.31 bits per heavy atom. The minimum absolute atomic E-state index is 0.0332. The third-order valence-electron chi connectivity index (χ3n) is 3.61. The second-order valence-corrected chi connectivity index (χ2v) is 6.41. The number of ether oxygens (including phenoxy) is 2. The fraction of sp³-hybridized carbons (Fsp3) is 0.294. The molecule has 0 bridgehead atoms. The minimum Gasteiger partial charge on any atom is -0.497 e. The number of benzene rings is 1. The molecule has 0 fully saturated rings. The summed E-state index contributed by atoms with van der Waals surface area (Å²) in [5, 5.41) is 4.07. The zero-order valence-corrected chi connectivity index (χ0v) is 15.4. The van der Waals surface area contributed by atoms with Crippen molar-refractivity contribution >= 4 is 33.4 Å². The summed E-state index contributed by atoms with van der Waals surface area (Å²) in [6, 6.07) is 7.05. The van der Waals surface area contributed by atoms with Crippen molar-refractivity contribution in [3.8, 4) is 5.75 Å². The summed E-state index contributed by atoms with van der Waals surface area (Å²) in [6.07, 6.45) is 1.67. The number of hydrogen-bond acceptors (Lipinski definition) is 6. The van der Waals surface area contributed by atoms with Crippen molar-refractivity contribution in [2.24, 2.45) is 12.0 Å². The smallest absolute Gasteiger partial charge is 0.326 e. The summed E-state index contributed by atoms with van der Waals surface area (Å²) in [6.45, 7) is 2.00. The number of aromatic nitrogens is 3. The minimum atomic E-state index is -0.471. The van der Waals surface area contributed by atoms with Crippen LogP contribution in [0.5, 0.6) is 5.75 Å². The number of amides is 1. The average molecular weight is 374 g/mol. The number of methoxy groups -OCH3 is 1. The first-order chi connectivity index (χ1) is 12.5. The maximum atomic E-state index is 12.4. The third kappa shape index (κ3) is 3.67. The number of esters is 1. The zero-order chi connectivity index (χ0) is 18.7. The molecule has 1 aromatic carbocycles. The summed E-state index contributed by atoms with van der Waals surface area (Å²) >= 11 is 1.30. The highest BCUT2D eigenvalue weighted by molar-refractivity contribution is 7.16. The van der Waals surface area contributed by atoms with Crippen molar-refractivity contribution in [2.75, 3.05) is 13.7 Å². The molecule has 2 heterocycles. The second kappa shape index (κ2) is 7.52. The topological polar surface area (TPSA) is 87.7 Å². The predicted molar refractivity (Wildman–Crippen MR) is 96.1 cm³/mol. The van der Waals surface area contributed by atoms with Gasteiger partial charge < -0.3 is 14.0 Å². The van der Waals surface area contributed by atoms with E-state index in [-0.39, 0.29) is 18.8 Å². The van der Waals surface area contributed by atoms with E-state index in [1.807, 2.05) is 12.1 Å². The van der Waals surface area contributed by atoms with Crippen LogP contribution < -0.4 is 9.54 Å². The predicted octanol–water partition coefficient (Wildman–Crippen LogP) is 1.75. The van der Waals surface area contributed by atoms with Crippen LogP contribution in [0.1, 0.15) is 17.4 Å². The standard InChI is InChI=1S/C17H18N4O4S/c1-4-25-15(22)10-21-13-6-5-11(24-3)9-14(13)26-17(21)18-16(23)12-7-8-20(2)19-12/h5-9H,4,10H2,1-3H3. The average Bonchev–Trinajstić information content (AvgIpc) is 3.19. The molecule has 9 heteroatoms. The van der Waals surface area contributed by atoms with E-state index in [1.54, 1.807) is 44.0 Å². The van der Waals surface area contributed by atoms with Crippen molar-refractivity contribution in [2.45, 2.75) is 13.5 Å². The highest BCUT2D eigenvalue weighted by Gasteiger charge is 2.14. The monoisotopic (exact) mass is 374 g/mol. The van der Waals surface area contributed by atoms with Crippen LogP contribution in [0.25, 0.3) is 10.2 Å². The number of aryl methyl sites for hydroxylation is 1. The summed E-state index contributed by atoms with van der Waals surface area (Å²) in [7, 11) is 3.31. The van der Waals surface area contributed by atoms with Crippen molar-refractivity contribution < 1.29 is 19.1 Å². The first-order valence-electron chi connectivity index (χ1n) is 7.93. The molecular weight excluding hydrogens is 356 g/mol. The Bertz CT molecular complexity index is 1030. The zero-order valence-electron chi connectivity index (χ0n) is 14.6. The first kappa shape index (κ1) is 17.9. The molecule has 0 unspecified atom stereocenters. The Kier molecular flexibility index (Phi) is 5.17. The fourth-order valence-electron chi connectivity index (χ4n) is 2.43. The van der Waals surface area contributed by atoms with E-state index in [9.17, 15) is 9.59 Å². The van der Waals surface area contributed by atoms with E-state index in [4.69, 9.17) is 9.47 Å². The Balaban J connectivity index is 2.10. The van der Waals surface area contributed by atoms with Gasteiger partial charge in [0.15, 0.2) is 10.5 Å². The van der Waals surface area contributed by atoms with Gasteiger partial charge in [-0.05, 0) is 31.2 Å². The van der Waals surface area contributed by atoms with Crippen molar-refractivity contribution in [1.82, 2.24) is 14.3 Å². The van der Waals surface area contributed by atoms with Crippen LogP contribution in [0, 0.1) is 0 Å². The SMILES string of the molecule is CCOC(=O)Cn1c(=NC(=O)c2ccn(C)n2)sc2cc(OC)ccc21. The molecule has 3 aromatic rings. The van der Waals surface area contributed by atoms with Gasteiger partial charge in [0.1, 0.15) is 12.3 Å². The summed E-state index contributed by atoms with van der Waals surface area (Å²) in [5.41, 5.74) is 1.02. The van der Waals surface area contributed by atoms with E-state index >= 15 is 0 Å². The van der Waals surface area contributed by atoms with Crippen molar-refractivity contribution in [3.05, 3.63) is 41.0 Å². The van der Waals surface area contributed by atoms with Gasteiger partial charge in [-0.2, -0.15) is 10.1 Å². The van der Waals surface area contributed by atoms with Gasteiger partial charge in [-0.15, -0.1) is 0 Å². The van der Waals surface area contributed by atoms with Crippen LogP contribution in [-0.4, -0.2) is 39.9 Å². The van der Waals surface area contributed by atoms with Gasteiger partial charge in [0.2, 0.25) is 0 Å². The van der Waals surface area contributed by atoms with Gasteiger partial charge in [-0.3, -0.25) is 14.3 Å². The van der Waals surface area contributed by atoms with Gasteiger partial charge in [0, 0.05) is 13.2 Å². The lowest BCUT2D eigenvalue weighted by Gasteiger charge is -2.05. The van der Waals surface area contributed by atoms with Gasteiger partial charge in [-0.1, -0.05) is 11.3 Å². The van der Waals surface area contributed by atoms with Crippen LogP contribution in [0.3, 0.4) is 0 Å². The van der Waals surface area contributed by atoms with E-state index in [0.717, 1.165) is 10.2 Å². The summed E-state index contributed by atoms with van der Waals surface area (Å²) in [5.74, 6) is -0.180. The lowest BCUT2D eigenvalue weighted by atomic mass is 10.3. The molecule has 8 nitrogen and oxygen atoms in total. The van der Waals surface area contributed by atoms with Crippen LogP contribution in [0.4, 0.5) is 0 Å². The maximum absolute atomic E-state index is 12.4. The summed E-state index contributed by atoms with van der Waals surface area (Å²) < 4.78 is 14.3. The Morgan fingerprint density at radius 3 is 2.77 bits per heavy atom. The van der Waals surface area contributed by atoms with Crippen LogP contribution in [-0.2, 0) is 23.1 Å². The Hall–Kier alpha value is -2.94. The van der Waals surface area contributed by atoms with Gasteiger partial charge in [0.25, 0.3) is 5.91 Å². The maximum Gasteiger partial charge on any atom is 0.326 e. The van der Waals surface area contributed by atoms with E-state index in [1.165, 1.54) is 16.0 Å². The lowest BCUT2D eigenvalue weighted by Crippen LogP contribution is -2.23. The quantitative estimate of drug-likeness (QED) is 0.635. The van der Waals surface area contributed by atoms with Gasteiger partial charge in [0.05, 0.1) is 23.9 Å². The highest BCUT2D eigenvalue weighted by Crippen LogP contribution is 2.23. The van der Waals surface area contributed by atoms with Crippen LogP contribution in [0.15, 0.2) is 35.5 Å². The fourth-order valence-corrected chi connectivity index (χ4v) is 3.48. The number of thiazole rings is 1. The van der Waals surface area contributed by atoms with Gasteiger partial charge in [-0.25, -0.2) is 0 Å². The molecule has 0 saturated heterocycles. The first-order valence-corrected chi connectivity index (χ1v) is 8.75. The number of fused-ring (bicyclic) bond motifs is 1. The number of hydrogen-bond donors (Lipinski definition) is 0. The largest absolute Gasteiger partial charge is 0.497 e. The molecule has 1 amide bonds.